The van der Waals surface area contributed by atoms with Crippen molar-refractivity contribution in [2.24, 2.45) is 0 Å². The Balaban J connectivity index is 1.83. The number of rotatable bonds is 4. The Morgan fingerprint density at radius 2 is 2.19 bits per heavy atom. The van der Waals surface area contributed by atoms with Gasteiger partial charge in [0, 0.05) is 24.3 Å². The van der Waals surface area contributed by atoms with Crippen molar-refractivity contribution in [1.29, 1.82) is 0 Å². The van der Waals surface area contributed by atoms with Gasteiger partial charge in [-0.25, -0.2) is 0 Å². The third kappa shape index (κ3) is 3.44. The number of aromatic nitrogens is 1. The zero-order valence-corrected chi connectivity index (χ0v) is 12.3. The molecule has 21 heavy (non-hydrogen) atoms. The van der Waals surface area contributed by atoms with E-state index in [9.17, 15) is 8.42 Å². The van der Waals surface area contributed by atoms with Crippen molar-refractivity contribution >= 4 is 21.0 Å². The Morgan fingerprint density at radius 1 is 1.38 bits per heavy atom. The van der Waals surface area contributed by atoms with Crippen molar-refractivity contribution in [3.05, 3.63) is 36.0 Å². The second-order valence-electron chi connectivity index (χ2n) is 5.22. The third-order valence-electron chi connectivity index (χ3n) is 3.79. The first-order chi connectivity index (χ1) is 10.0. The first-order valence-corrected chi connectivity index (χ1v) is 8.48. The fourth-order valence-electron chi connectivity index (χ4n) is 2.70. The molecule has 1 saturated heterocycles. The molecule has 0 bridgehead atoms. The van der Waals surface area contributed by atoms with Crippen molar-refractivity contribution in [2.75, 3.05) is 32.1 Å². The molecule has 0 spiro atoms. The number of H-pyrrole nitrogens is 1. The molecule has 6 nitrogen and oxygen atoms in total. The van der Waals surface area contributed by atoms with Gasteiger partial charge in [0.15, 0.2) is 0 Å². The van der Waals surface area contributed by atoms with Crippen LogP contribution in [0.5, 0.6) is 0 Å². The van der Waals surface area contributed by atoms with E-state index in [1.807, 2.05) is 29.2 Å². The summed E-state index contributed by atoms with van der Waals surface area (Å²) in [6, 6.07) is 10.0. The lowest BCUT2D eigenvalue weighted by Gasteiger charge is -2.34. The number of fused-ring (bicyclic) bond motifs is 1. The van der Waals surface area contributed by atoms with E-state index in [2.05, 4.69) is 11.1 Å². The second kappa shape index (κ2) is 5.76. The van der Waals surface area contributed by atoms with E-state index in [1.54, 1.807) is 0 Å². The van der Waals surface area contributed by atoms with Crippen LogP contribution in [0.25, 0.3) is 10.9 Å². The molecule has 1 unspecified atom stereocenters. The van der Waals surface area contributed by atoms with E-state index in [-0.39, 0.29) is 11.8 Å². The highest BCUT2D eigenvalue weighted by molar-refractivity contribution is 7.85. The fraction of sp³-hybridized carbons (Fsp3) is 0.429. The summed E-state index contributed by atoms with van der Waals surface area (Å²) >= 11 is 0. The lowest BCUT2D eigenvalue weighted by molar-refractivity contribution is -0.00680. The zero-order valence-electron chi connectivity index (χ0n) is 11.5. The van der Waals surface area contributed by atoms with E-state index >= 15 is 0 Å². The highest BCUT2D eigenvalue weighted by Crippen LogP contribution is 2.26. The molecule has 1 aliphatic heterocycles. The van der Waals surface area contributed by atoms with Crippen LogP contribution in [-0.2, 0) is 14.9 Å². The normalized spacial score (nSPS) is 20.9. The molecule has 7 heteroatoms. The van der Waals surface area contributed by atoms with Crippen molar-refractivity contribution in [2.45, 2.75) is 6.04 Å². The maximum absolute atomic E-state index is 10.9. The summed E-state index contributed by atoms with van der Waals surface area (Å²) in [5, 5.41) is 1.12. The van der Waals surface area contributed by atoms with Gasteiger partial charge in [-0.2, -0.15) is 8.42 Å². The quantitative estimate of drug-likeness (QED) is 0.835. The molecule has 3 rings (SSSR count). The number of aromatic amines is 1. The summed E-state index contributed by atoms with van der Waals surface area (Å²) in [5.41, 5.74) is 2.05. The van der Waals surface area contributed by atoms with Gasteiger partial charge in [-0.05, 0) is 17.5 Å². The van der Waals surface area contributed by atoms with E-state index in [0.29, 0.717) is 26.3 Å². The van der Waals surface area contributed by atoms with Crippen LogP contribution in [0.15, 0.2) is 30.3 Å². The largest absolute Gasteiger partial charge is 0.378 e. The lowest BCUT2D eigenvalue weighted by atomic mass is 10.1. The lowest BCUT2D eigenvalue weighted by Crippen LogP contribution is -2.42. The Kier molecular flexibility index (Phi) is 3.99. The summed E-state index contributed by atoms with van der Waals surface area (Å²) in [6.45, 7) is 2.03. The third-order valence-corrected chi connectivity index (χ3v) is 4.48. The predicted octanol–water partition coefficient (Wildman–Crippen LogP) is 1.43. The van der Waals surface area contributed by atoms with E-state index < -0.39 is 10.1 Å². The summed E-state index contributed by atoms with van der Waals surface area (Å²) in [5.74, 6) is -0.260. The van der Waals surface area contributed by atoms with Crippen LogP contribution in [-0.4, -0.2) is 54.9 Å². The number of hydrogen-bond acceptors (Lipinski definition) is 4. The second-order valence-corrected chi connectivity index (χ2v) is 6.80. The molecule has 2 aromatic rings. The molecule has 1 aromatic heterocycles. The summed E-state index contributed by atoms with van der Waals surface area (Å²) in [4.78, 5) is 5.39. The first-order valence-electron chi connectivity index (χ1n) is 6.87. The Labute approximate surface area is 123 Å². The summed E-state index contributed by atoms with van der Waals surface area (Å²) in [7, 11) is -3.95. The van der Waals surface area contributed by atoms with E-state index in [1.165, 1.54) is 0 Å². The van der Waals surface area contributed by atoms with Crippen LogP contribution in [0.4, 0.5) is 0 Å². The van der Waals surface area contributed by atoms with Gasteiger partial charge in [0.1, 0.15) is 0 Å². The highest BCUT2D eigenvalue weighted by atomic mass is 32.2. The SMILES string of the molecule is O=S(=O)(O)CCN1CCOCC1c1cc2ccccc2[nH]1. The molecule has 114 valence electrons. The molecular weight excluding hydrogens is 292 g/mol. The van der Waals surface area contributed by atoms with Crippen LogP contribution in [0, 0.1) is 0 Å². The maximum atomic E-state index is 10.9. The van der Waals surface area contributed by atoms with Gasteiger partial charge in [0.25, 0.3) is 10.1 Å². The Morgan fingerprint density at radius 3 is 2.95 bits per heavy atom. The predicted molar refractivity (Wildman–Crippen MR) is 79.8 cm³/mol. The van der Waals surface area contributed by atoms with Crippen molar-refractivity contribution in [3.8, 4) is 0 Å². The van der Waals surface area contributed by atoms with E-state index in [0.717, 1.165) is 16.6 Å². The average molecular weight is 310 g/mol. The standard InChI is InChI=1S/C14H18N2O4S/c17-21(18,19)8-6-16-5-7-20-10-14(16)13-9-11-3-1-2-4-12(11)15-13/h1-4,9,14-15H,5-8,10H2,(H,17,18,19). The molecule has 0 radical (unpaired) electrons. The van der Waals surface area contributed by atoms with Crippen LogP contribution in [0.1, 0.15) is 11.7 Å². The van der Waals surface area contributed by atoms with Crippen LogP contribution in [0.3, 0.4) is 0 Å². The fourth-order valence-corrected chi connectivity index (χ4v) is 3.17. The molecule has 0 amide bonds. The topological polar surface area (TPSA) is 82.6 Å². The van der Waals surface area contributed by atoms with Gasteiger partial charge in [-0.1, -0.05) is 18.2 Å². The van der Waals surface area contributed by atoms with Gasteiger partial charge in [0.05, 0.1) is 25.0 Å². The minimum absolute atomic E-state index is 0.0205. The van der Waals surface area contributed by atoms with Gasteiger partial charge >= 0.3 is 0 Å². The number of para-hydroxylation sites is 1. The molecule has 2 heterocycles. The molecule has 1 atom stereocenters. The Bertz CT molecular complexity index is 692. The van der Waals surface area contributed by atoms with Gasteiger partial charge in [-0.3, -0.25) is 9.45 Å². The highest BCUT2D eigenvalue weighted by Gasteiger charge is 2.26. The number of ether oxygens (including phenoxy) is 1. The number of nitrogens with zero attached hydrogens (tertiary/aromatic N) is 1. The first kappa shape index (κ1) is 14.5. The van der Waals surface area contributed by atoms with Crippen LogP contribution in [0.2, 0.25) is 0 Å². The molecule has 1 aliphatic rings. The molecule has 0 aliphatic carbocycles. The van der Waals surface area contributed by atoms with Gasteiger partial charge in [-0.15, -0.1) is 0 Å². The summed E-state index contributed by atoms with van der Waals surface area (Å²) < 4.78 is 36.3. The summed E-state index contributed by atoms with van der Waals surface area (Å²) in [6.07, 6.45) is 0. The molecular formula is C14H18N2O4S. The van der Waals surface area contributed by atoms with E-state index in [4.69, 9.17) is 9.29 Å². The number of hydrogen-bond donors (Lipinski definition) is 2. The van der Waals surface area contributed by atoms with Crippen molar-refractivity contribution in [3.63, 3.8) is 0 Å². The minimum atomic E-state index is -3.95. The minimum Gasteiger partial charge on any atom is -0.378 e. The number of benzene rings is 1. The van der Waals surface area contributed by atoms with Crippen LogP contribution >= 0.6 is 0 Å². The average Bonchev–Trinajstić information content (AvgIpc) is 2.88. The number of nitrogens with one attached hydrogen (secondary N) is 1. The molecule has 1 aromatic carbocycles. The zero-order chi connectivity index (χ0) is 14.9. The van der Waals surface area contributed by atoms with Gasteiger partial charge in [0.2, 0.25) is 0 Å². The van der Waals surface area contributed by atoms with Crippen molar-refractivity contribution in [1.82, 2.24) is 9.88 Å². The van der Waals surface area contributed by atoms with Crippen LogP contribution < -0.4 is 0 Å². The van der Waals surface area contributed by atoms with Crippen molar-refractivity contribution < 1.29 is 17.7 Å². The smallest absolute Gasteiger partial charge is 0.266 e. The molecule has 0 saturated carbocycles. The van der Waals surface area contributed by atoms with Gasteiger partial charge < -0.3 is 9.72 Å². The maximum Gasteiger partial charge on any atom is 0.266 e. The number of morpholine rings is 1. The monoisotopic (exact) mass is 310 g/mol. The Hall–Kier alpha value is -1.41. The molecule has 1 fully saturated rings. The molecule has 2 N–H and O–H groups in total.